The summed E-state index contributed by atoms with van der Waals surface area (Å²) in [6.07, 6.45) is 0.856. The van der Waals surface area contributed by atoms with E-state index in [1.165, 1.54) is 5.56 Å². The van der Waals surface area contributed by atoms with E-state index in [0.29, 0.717) is 12.5 Å². The van der Waals surface area contributed by atoms with E-state index in [2.05, 4.69) is 22.4 Å². The summed E-state index contributed by atoms with van der Waals surface area (Å²) in [6, 6.07) is 15.2. The van der Waals surface area contributed by atoms with Gasteiger partial charge in [-0.25, -0.2) is 4.98 Å². The molecule has 5 nitrogen and oxygen atoms in total. The van der Waals surface area contributed by atoms with Crippen molar-refractivity contribution in [2.24, 2.45) is 5.73 Å². The van der Waals surface area contributed by atoms with Gasteiger partial charge in [0.15, 0.2) is 0 Å². The van der Waals surface area contributed by atoms with Gasteiger partial charge in [-0.3, -0.25) is 4.79 Å². The molecule has 0 unspecified atom stereocenters. The fourth-order valence-electron chi connectivity index (χ4n) is 1.83. The Morgan fingerprint density at radius 1 is 1.14 bits per heavy atom. The van der Waals surface area contributed by atoms with Gasteiger partial charge >= 0.3 is 0 Å². The zero-order valence-corrected chi connectivity index (χ0v) is 11.8. The lowest BCUT2D eigenvalue weighted by Gasteiger charge is -2.07. The molecule has 0 radical (unpaired) electrons. The molecule has 0 aliphatic heterocycles. The van der Waals surface area contributed by atoms with E-state index >= 15 is 0 Å². The van der Waals surface area contributed by atoms with Gasteiger partial charge in [0.2, 0.25) is 5.88 Å². The maximum Gasteiger partial charge on any atom is 0.267 e. The third kappa shape index (κ3) is 5.24. The van der Waals surface area contributed by atoms with Crippen molar-refractivity contribution in [2.75, 3.05) is 13.2 Å². The first kappa shape index (κ1) is 15.0. The molecule has 0 saturated heterocycles. The highest BCUT2D eigenvalue weighted by Gasteiger charge is 2.03. The molecule has 0 saturated carbocycles. The van der Waals surface area contributed by atoms with Gasteiger partial charge in [0.1, 0.15) is 5.69 Å². The number of nitrogens with one attached hydrogen (secondary N) is 1. The average Bonchev–Trinajstić information content (AvgIpc) is 2.52. The fourth-order valence-corrected chi connectivity index (χ4v) is 1.83. The summed E-state index contributed by atoms with van der Waals surface area (Å²) in [6.45, 7) is 2.23. The molecule has 2 aromatic rings. The van der Waals surface area contributed by atoms with E-state index in [1.807, 2.05) is 18.2 Å². The number of primary amides is 1. The number of aromatic nitrogens is 1. The summed E-state index contributed by atoms with van der Waals surface area (Å²) in [5, 5.41) is 3.34. The van der Waals surface area contributed by atoms with Crippen LogP contribution in [0.4, 0.5) is 0 Å². The lowest BCUT2D eigenvalue weighted by Crippen LogP contribution is -2.17. The van der Waals surface area contributed by atoms with Crippen molar-refractivity contribution in [1.82, 2.24) is 10.3 Å². The van der Waals surface area contributed by atoms with Gasteiger partial charge < -0.3 is 15.8 Å². The van der Waals surface area contributed by atoms with Crippen molar-refractivity contribution < 1.29 is 9.53 Å². The van der Waals surface area contributed by atoms with Crippen LogP contribution in [-0.4, -0.2) is 24.0 Å². The van der Waals surface area contributed by atoms with E-state index in [-0.39, 0.29) is 5.69 Å². The van der Waals surface area contributed by atoms with Crippen molar-refractivity contribution in [1.29, 1.82) is 0 Å². The third-order valence-corrected chi connectivity index (χ3v) is 2.90. The first-order valence-corrected chi connectivity index (χ1v) is 6.90. The molecule has 3 N–H and O–H groups in total. The molecule has 0 bridgehead atoms. The van der Waals surface area contributed by atoms with Crippen LogP contribution in [0.1, 0.15) is 22.5 Å². The average molecular weight is 285 g/mol. The number of rotatable bonds is 8. The number of benzene rings is 1. The molecule has 21 heavy (non-hydrogen) atoms. The Kier molecular flexibility index (Phi) is 5.72. The number of nitrogens with two attached hydrogens (primary N) is 1. The van der Waals surface area contributed by atoms with E-state index in [4.69, 9.17) is 10.5 Å². The lowest BCUT2D eigenvalue weighted by molar-refractivity contribution is 0.0994. The van der Waals surface area contributed by atoms with Crippen LogP contribution < -0.4 is 15.8 Å². The highest BCUT2D eigenvalue weighted by molar-refractivity contribution is 5.90. The zero-order valence-electron chi connectivity index (χ0n) is 11.8. The van der Waals surface area contributed by atoms with Crippen LogP contribution in [-0.2, 0) is 6.54 Å². The third-order valence-electron chi connectivity index (χ3n) is 2.90. The highest BCUT2D eigenvalue weighted by Crippen LogP contribution is 2.07. The molecule has 0 atom stereocenters. The van der Waals surface area contributed by atoms with Crippen molar-refractivity contribution in [2.45, 2.75) is 13.0 Å². The van der Waals surface area contributed by atoms with Crippen molar-refractivity contribution >= 4 is 5.91 Å². The van der Waals surface area contributed by atoms with E-state index < -0.39 is 5.91 Å². The monoisotopic (exact) mass is 285 g/mol. The summed E-state index contributed by atoms with van der Waals surface area (Å²) in [4.78, 5) is 15.0. The molecule has 0 aliphatic carbocycles. The van der Waals surface area contributed by atoms with Gasteiger partial charge in [0, 0.05) is 12.6 Å². The number of nitrogens with zero attached hydrogens (tertiary/aromatic N) is 1. The Morgan fingerprint density at radius 3 is 2.71 bits per heavy atom. The standard InChI is InChI=1S/C16H19N3O2/c17-16(20)14-8-4-9-15(19-14)21-11-5-10-18-12-13-6-2-1-3-7-13/h1-4,6-9,18H,5,10-12H2,(H2,17,20). The number of amides is 1. The molecule has 5 heteroatoms. The first-order chi connectivity index (χ1) is 10.3. The number of ether oxygens (including phenoxy) is 1. The van der Waals surface area contributed by atoms with Crippen molar-refractivity contribution in [3.63, 3.8) is 0 Å². The Bertz CT molecular complexity index is 573. The zero-order chi connectivity index (χ0) is 14.9. The van der Waals surface area contributed by atoms with Crippen LogP contribution in [0.3, 0.4) is 0 Å². The van der Waals surface area contributed by atoms with Crippen LogP contribution in [0.2, 0.25) is 0 Å². The molecule has 1 heterocycles. The minimum atomic E-state index is -0.551. The van der Waals surface area contributed by atoms with Gasteiger partial charge in [-0.1, -0.05) is 36.4 Å². The Morgan fingerprint density at radius 2 is 1.95 bits per heavy atom. The molecular formula is C16H19N3O2. The smallest absolute Gasteiger partial charge is 0.267 e. The highest BCUT2D eigenvalue weighted by atomic mass is 16.5. The van der Waals surface area contributed by atoms with E-state index in [0.717, 1.165) is 19.5 Å². The van der Waals surface area contributed by atoms with E-state index in [9.17, 15) is 4.79 Å². The largest absolute Gasteiger partial charge is 0.478 e. The summed E-state index contributed by atoms with van der Waals surface area (Å²) in [5.74, 6) is -0.126. The molecule has 110 valence electrons. The second-order valence-corrected chi connectivity index (χ2v) is 4.59. The minimum Gasteiger partial charge on any atom is -0.478 e. The van der Waals surface area contributed by atoms with Gasteiger partial charge in [-0.05, 0) is 24.6 Å². The molecule has 0 aliphatic rings. The number of pyridine rings is 1. The van der Waals surface area contributed by atoms with Gasteiger partial charge in [-0.2, -0.15) is 0 Å². The Balaban J connectivity index is 1.64. The summed E-state index contributed by atoms with van der Waals surface area (Å²) in [5.41, 5.74) is 6.64. The second-order valence-electron chi connectivity index (χ2n) is 4.59. The molecule has 1 aromatic heterocycles. The summed E-state index contributed by atoms with van der Waals surface area (Å²) < 4.78 is 5.49. The predicted molar refractivity (Wildman–Crippen MR) is 81.0 cm³/mol. The molecule has 0 fully saturated rings. The maximum atomic E-state index is 11.0. The molecule has 2 rings (SSSR count). The van der Waals surface area contributed by atoms with Crippen LogP contribution in [0, 0.1) is 0 Å². The van der Waals surface area contributed by atoms with E-state index in [1.54, 1.807) is 18.2 Å². The quantitative estimate of drug-likeness (QED) is 0.724. The van der Waals surface area contributed by atoms with Crippen molar-refractivity contribution in [3.8, 4) is 5.88 Å². The molecule has 1 amide bonds. The van der Waals surface area contributed by atoms with Crippen LogP contribution >= 0.6 is 0 Å². The predicted octanol–water partition coefficient (Wildman–Crippen LogP) is 1.74. The Hall–Kier alpha value is -2.40. The molecule has 0 spiro atoms. The number of carbonyl (C=O) groups is 1. The molecular weight excluding hydrogens is 266 g/mol. The normalized spacial score (nSPS) is 10.3. The lowest BCUT2D eigenvalue weighted by atomic mass is 10.2. The van der Waals surface area contributed by atoms with Crippen molar-refractivity contribution in [3.05, 3.63) is 59.8 Å². The maximum absolute atomic E-state index is 11.0. The van der Waals surface area contributed by atoms with Crippen LogP contribution in [0.15, 0.2) is 48.5 Å². The summed E-state index contributed by atoms with van der Waals surface area (Å²) >= 11 is 0. The SMILES string of the molecule is NC(=O)c1cccc(OCCCNCc2ccccc2)n1. The Labute approximate surface area is 124 Å². The van der Waals surface area contributed by atoms with Gasteiger partial charge in [0.25, 0.3) is 5.91 Å². The summed E-state index contributed by atoms with van der Waals surface area (Å²) in [7, 11) is 0. The molecule has 1 aromatic carbocycles. The minimum absolute atomic E-state index is 0.217. The van der Waals surface area contributed by atoms with Crippen LogP contribution in [0.25, 0.3) is 0 Å². The fraction of sp³-hybridized carbons (Fsp3) is 0.250. The van der Waals surface area contributed by atoms with Gasteiger partial charge in [0.05, 0.1) is 6.61 Å². The topological polar surface area (TPSA) is 77.2 Å². The number of carbonyl (C=O) groups excluding carboxylic acids is 1. The first-order valence-electron chi connectivity index (χ1n) is 6.90. The number of hydrogen-bond donors (Lipinski definition) is 2. The second kappa shape index (κ2) is 8.01. The van der Waals surface area contributed by atoms with Gasteiger partial charge in [-0.15, -0.1) is 0 Å². The number of hydrogen-bond acceptors (Lipinski definition) is 4. The van der Waals surface area contributed by atoms with Crippen LogP contribution in [0.5, 0.6) is 5.88 Å².